The van der Waals surface area contributed by atoms with E-state index in [-0.39, 0.29) is 6.61 Å². The first-order valence-corrected chi connectivity index (χ1v) is 5.58. The van der Waals surface area contributed by atoms with Crippen LogP contribution in [0.3, 0.4) is 0 Å². The molecule has 0 amide bonds. The summed E-state index contributed by atoms with van der Waals surface area (Å²) in [6.45, 7) is 1.11. The van der Waals surface area contributed by atoms with Crippen LogP contribution in [0.5, 0.6) is 0 Å². The minimum atomic E-state index is -0.573. The molecule has 0 aliphatic carbocycles. The fraction of sp³-hybridized carbons (Fsp3) is 0.583. The van der Waals surface area contributed by atoms with Crippen LogP contribution < -0.4 is 0 Å². The molecule has 0 saturated carbocycles. The third-order valence-electron chi connectivity index (χ3n) is 2.45. The highest BCUT2D eigenvalue weighted by molar-refractivity contribution is 5.90. The quantitative estimate of drug-likeness (QED) is 0.717. The molecule has 1 N–H and O–H groups in total. The smallest absolute Gasteiger partial charge is 0.341 e. The Morgan fingerprint density at radius 1 is 1.56 bits per heavy atom. The minimum Gasteiger partial charge on any atom is -0.467 e. The number of nitrogens with zero attached hydrogens (tertiary/aromatic N) is 1. The monoisotopic (exact) mass is 257 g/mol. The Morgan fingerprint density at radius 2 is 2.28 bits per heavy atom. The van der Waals surface area contributed by atoms with Crippen molar-refractivity contribution in [2.75, 3.05) is 34.4 Å². The van der Waals surface area contributed by atoms with Crippen LogP contribution in [0.4, 0.5) is 0 Å². The summed E-state index contributed by atoms with van der Waals surface area (Å²) in [6.07, 6.45) is 0.873. The van der Waals surface area contributed by atoms with Gasteiger partial charge in [-0.05, 0) is 13.1 Å². The summed E-state index contributed by atoms with van der Waals surface area (Å²) in [6, 6.07) is 1.57. The number of furan rings is 1. The molecule has 18 heavy (non-hydrogen) atoms. The van der Waals surface area contributed by atoms with Crippen molar-refractivity contribution in [2.45, 2.75) is 12.6 Å². The maximum absolute atomic E-state index is 11.4. The molecule has 1 aromatic heterocycles. The Labute approximate surface area is 106 Å². The molecule has 0 saturated heterocycles. The van der Waals surface area contributed by atoms with Crippen molar-refractivity contribution >= 4 is 5.97 Å². The van der Waals surface area contributed by atoms with E-state index in [1.165, 1.54) is 20.5 Å². The third kappa shape index (κ3) is 4.14. The summed E-state index contributed by atoms with van der Waals surface area (Å²) in [5, 5.41) is 9.58. The normalized spacial score (nSPS) is 12.7. The molecular weight excluding hydrogens is 238 g/mol. The van der Waals surface area contributed by atoms with E-state index < -0.39 is 12.1 Å². The summed E-state index contributed by atoms with van der Waals surface area (Å²) in [4.78, 5) is 13.3. The van der Waals surface area contributed by atoms with Gasteiger partial charge in [-0.25, -0.2) is 4.79 Å². The highest BCUT2D eigenvalue weighted by Crippen LogP contribution is 2.14. The molecule has 0 aromatic carbocycles. The number of hydrogen-bond acceptors (Lipinski definition) is 6. The van der Waals surface area contributed by atoms with Crippen LogP contribution in [0.1, 0.15) is 16.1 Å². The number of likely N-dealkylation sites (N-methyl/N-ethyl adjacent to an activating group) is 1. The molecule has 0 bridgehead atoms. The molecule has 6 heteroatoms. The maximum atomic E-state index is 11.4. The van der Waals surface area contributed by atoms with E-state index >= 15 is 0 Å². The van der Waals surface area contributed by atoms with Crippen molar-refractivity contribution in [1.82, 2.24) is 4.90 Å². The standard InChI is InChI=1S/C12H19NO5/c1-13(6-9(14)8-16-2)7-11-10(4-5-18-11)12(15)17-3/h4-5,9,14H,6-8H2,1-3H3. The average molecular weight is 257 g/mol. The molecule has 1 atom stereocenters. The number of hydrogen-bond donors (Lipinski definition) is 1. The van der Waals surface area contributed by atoms with Gasteiger partial charge in [0.1, 0.15) is 11.3 Å². The lowest BCUT2D eigenvalue weighted by Gasteiger charge is -2.19. The van der Waals surface area contributed by atoms with E-state index in [0.29, 0.717) is 24.4 Å². The molecule has 0 fully saturated rings. The molecule has 1 rings (SSSR count). The first-order valence-electron chi connectivity index (χ1n) is 5.58. The van der Waals surface area contributed by atoms with Crippen molar-refractivity contribution in [2.24, 2.45) is 0 Å². The number of rotatable bonds is 7. The van der Waals surface area contributed by atoms with E-state index in [2.05, 4.69) is 4.74 Å². The van der Waals surface area contributed by atoms with E-state index in [9.17, 15) is 9.90 Å². The summed E-state index contributed by atoms with van der Waals surface area (Å²) in [5.41, 5.74) is 0.408. The molecular formula is C12H19NO5. The zero-order valence-corrected chi connectivity index (χ0v) is 10.9. The van der Waals surface area contributed by atoms with E-state index in [0.717, 1.165) is 0 Å². The van der Waals surface area contributed by atoms with Gasteiger partial charge >= 0.3 is 5.97 Å². The molecule has 1 aromatic rings. The lowest BCUT2D eigenvalue weighted by Crippen LogP contribution is -2.31. The van der Waals surface area contributed by atoms with Crippen LogP contribution in [-0.4, -0.2) is 56.5 Å². The van der Waals surface area contributed by atoms with Gasteiger partial charge in [0, 0.05) is 13.7 Å². The van der Waals surface area contributed by atoms with Gasteiger partial charge in [-0.1, -0.05) is 0 Å². The van der Waals surface area contributed by atoms with Gasteiger partial charge in [0.25, 0.3) is 0 Å². The average Bonchev–Trinajstić information content (AvgIpc) is 2.76. The Balaban J connectivity index is 2.56. The fourth-order valence-corrected chi connectivity index (χ4v) is 1.67. The molecule has 1 unspecified atom stereocenters. The van der Waals surface area contributed by atoms with Crippen LogP contribution in [0.15, 0.2) is 16.7 Å². The SMILES string of the molecule is COCC(O)CN(C)Cc1occc1C(=O)OC. The van der Waals surface area contributed by atoms with Crippen molar-refractivity contribution < 1.29 is 23.8 Å². The fourth-order valence-electron chi connectivity index (χ4n) is 1.67. The highest BCUT2D eigenvalue weighted by Gasteiger charge is 2.17. The maximum Gasteiger partial charge on any atom is 0.341 e. The molecule has 0 radical (unpaired) electrons. The number of methoxy groups -OCH3 is 2. The molecule has 0 spiro atoms. The third-order valence-corrected chi connectivity index (χ3v) is 2.45. The predicted molar refractivity (Wildman–Crippen MR) is 64.3 cm³/mol. The lowest BCUT2D eigenvalue weighted by atomic mass is 10.2. The van der Waals surface area contributed by atoms with Crippen LogP contribution in [0, 0.1) is 0 Å². The van der Waals surface area contributed by atoms with Gasteiger partial charge in [0.05, 0.1) is 32.6 Å². The second-order valence-corrected chi connectivity index (χ2v) is 4.05. The first-order chi connectivity index (χ1) is 8.58. The van der Waals surface area contributed by atoms with Crippen LogP contribution >= 0.6 is 0 Å². The van der Waals surface area contributed by atoms with Gasteiger partial charge < -0.3 is 19.0 Å². The number of ether oxygens (including phenoxy) is 2. The minimum absolute atomic E-state index is 0.270. The molecule has 102 valence electrons. The summed E-state index contributed by atoms with van der Waals surface area (Å²) in [5.74, 6) is 0.0959. The summed E-state index contributed by atoms with van der Waals surface area (Å²) >= 11 is 0. The topological polar surface area (TPSA) is 72.1 Å². The zero-order valence-electron chi connectivity index (χ0n) is 10.9. The van der Waals surface area contributed by atoms with Crippen molar-refractivity contribution in [1.29, 1.82) is 0 Å². The largest absolute Gasteiger partial charge is 0.467 e. The zero-order chi connectivity index (χ0) is 13.5. The van der Waals surface area contributed by atoms with E-state index in [4.69, 9.17) is 9.15 Å². The highest BCUT2D eigenvalue weighted by atomic mass is 16.5. The van der Waals surface area contributed by atoms with Crippen molar-refractivity contribution in [3.05, 3.63) is 23.7 Å². The lowest BCUT2D eigenvalue weighted by molar-refractivity contribution is 0.0404. The number of aliphatic hydroxyl groups excluding tert-OH is 1. The Bertz CT molecular complexity index is 376. The second-order valence-electron chi connectivity index (χ2n) is 4.05. The van der Waals surface area contributed by atoms with Gasteiger partial charge in [0.2, 0.25) is 0 Å². The first kappa shape index (κ1) is 14.7. The number of esters is 1. The second kappa shape index (κ2) is 7.15. The number of carbonyl (C=O) groups excluding carboxylic acids is 1. The predicted octanol–water partition coefficient (Wildman–Crippen LogP) is 0.505. The Kier molecular flexibility index (Phi) is 5.84. The van der Waals surface area contributed by atoms with Crippen molar-refractivity contribution in [3.8, 4) is 0 Å². The Hall–Kier alpha value is -1.37. The molecule has 0 aliphatic heterocycles. The van der Waals surface area contributed by atoms with Gasteiger partial charge in [-0.15, -0.1) is 0 Å². The van der Waals surface area contributed by atoms with Crippen LogP contribution in [0.25, 0.3) is 0 Å². The summed E-state index contributed by atoms with van der Waals surface area (Å²) in [7, 11) is 4.68. The summed E-state index contributed by atoms with van der Waals surface area (Å²) < 4.78 is 14.7. The van der Waals surface area contributed by atoms with Crippen LogP contribution in [-0.2, 0) is 16.0 Å². The van der Waals surface area contributed by atoms with E-state index in [1.54, 1.807) is 6.07 Å². The van der Waals surface area contributed by atoms with E-state index in [1.807, 2.05) is 11.9 Å². The van der Waals surface area contributed by atoms with Crippen LogP contribution in [0.2, 0.25) is 0 Å². The van der Waals surface area contributed by atoms with Gasteiger partial charge in [0.15, 0.2) is 0 Å². The van der Waals surface area contributed by atoms with Gasteiger partial charge in [-0.3, -0.25) is 4.90 Å². The Morgan fingerprint density at radius 3 is 2.89 bits per heavy atom. The molecule has 0 aliphatic rings. The molecule has 1 heterocycles. The molecule has 6 nitrogen and oxygen atoms in total. The number of aliphatic hydroxyl groups is 1. The van der Waals surface area contributed by atoms with Crippen molar-refractivity contribution in [3.63, 3.8) is 0 Å². The number of carbonyl (C=O) groups is 1. The van der Waals surface area contributed by atoms with Gasteiger partial charge in [-0.2, -0.15) is 0 Å².